The fourth-order valence-electron chi connectivity index (χ4n) is 1.47. The first-order valence-corrected chi connectivity index (χ1v) is 4.76. The molecule has 0 radical (unpaired) electrons. The van der Waals surface area contributed by atoms with Crippen LogP contribution in [-0.2, 0) is 0 Å². The molecule has 2 rings (SSSR count). The van der Waals surface area contributed by atoms with Crippen LogP contribution in [0, 0.1) is 0 Å². The average Bonchev–Trinajstić information content (AvgIpc) is 2.80. The molecule has 0 fully saturated rings. The van der Waals surface area contributed by atoms with Gasteiger partial charge in [0.1, 0.15) is 18.7 Å². The largest absolute Gasteiger partial charge is 0.407 e. The zero-order chi connectivity index (χ0) is 12.5. The Hall–Kier alpha value is -1.89. The summed E-state index contributed by atoms with van der Waals surface area (Å²) in [5, 5.41) is 3.79. The molecule has 2 aromatic rings. The van der Waals surface area contributed by atoms with E-state index >= 15 is 0 Å². The summed E-state index contributed by atoms with van der Waals surface area (Å²) in [5.74, 6) is 0. The molecule has 0 saturated carbocycles. The van der Waals surface area contributed by atoms with Gasteiger partial charge < -0.3 is 5.73 Å². The minimum atomic E-state index is -4.49. The van der Waals surface area contributed by atoms with E-state index in [0.29, 0.717) is 0 Å². The molecule has 1 aromatic heterocycles. The second kappa shape index (κ2) is 4.17. The number of halogens is 3. The minimum absolute atomic E-state index is 0.0366. The lowest BCUT2D eigenvalue weighted by Gasteiger charge is -2.18. The number of benzene rings is 1. The van der Waals surface area contributed by atoms with Crippen LogP contribution in [0.25, 0.3) is 5.69 Å². The van der Waals surface area contributed by atoms with Crippen LogP contribution in [-0.4, -0.2) is 20.9 Å². The third-order valence-corrected chi connectivity index (χ3v) is 2.29. The molecule has 4 nitrogen and oxygen atoms in total. The zero-order valence-corrected chi connectivity index (χ0v) is 8.59. The number of para-hydroxylation sites is 1. The number of aromatic nitrogens is 3. The van der Waals surface area contributed by atoms with Gasteiger partial charge in [-0.1, -0.05) is 18.2 Å². The molecule has 0 unspecified atom stereocenters. The number of rotatable bonds is 2. The van der Waals surface area contributed by atoms with E-state index in [1.54, 1.807) is 6.07 Å². The molecule has 0 aliphatic heterocycles. The molecule has 7 heteroatoms. The Kier molecular flexibility index (Phi) is 2.84. The van der Waals surface area contributed by atoms with Gasteiger partial charge in [-0.3, -0.25) is 0 Å². The Morgan fingerprint density at radius 2 is 1.94 bits per heavy atom. The van der Waals surface area contributed by atoms with Gasteiger partial charge in [-0.15, -0.1) is 0 Å². The van der Waals surface area contributed by atoms with E-state index in [1.165, 1.54) is 35.5 Å². The van der Waals surface area contributed by atoms with Gasteiger partial charge in [0.05, 0.1) is 5.69 Å². The van der Waals surface area contributed by atoms with Crippen LogP contribution in [0.1, 0.15) is 11.6 Å². The van der Waals surface area contributed by atoms with E-state index in [0.717, 1.165) is 0 Å². The van der Waals surface area contributed by atoms with Crippen molar-refractivity contribution in [3.8, 4) is 5.69 Å². The maximum atomic E-state index is 12.6. The van der Waals surface area contributed by atoms with Crippen LogP contribution < -0.4 is 5.73 Å². The molecule has 1 heterocycles. The Morgan fingerprint density at radius 3 is 2.53 bits per heavy atom. The second-order valence-corrected chi connectivity index (χ2v) is 3.42. The Bertz CT molecular complexity index is 493. The lowest BCUT2D eigenvalue weighted by Crippen LogP contribution is -2.29. The maximum Gasteiger partial charge on any atom is 0.407 e. The molecule has 0 aliphatic rings. The van der Waals surface area contributed by atoms with Gasteiger partial charge in [0.2, 0.25) is 0 Å². The molecule has 1 aromatic carbocycles. The lowest BCUT2D eigenvalue weighted by atomic mass is 10.1. The van der Waals surface area contributed by atoms with Crippen molar-refractivity contribution in [3.63, 3.8) is 0 Å². The summed E-state index contributed by atoms with van der Waals surface area (Å²) in [6, 6.07) is 3.92. The van der Waals surface area contributed by atoms with Crippen LogP contribution in [0.3, 0.4) is 0 Å². The predicted molar refractivity (Wildman–Crippen MR) is 54.3 cm³/mol. The number of nitrogens with two attached hydrogens (primary N) is 1. The monoisotopic (exact) mass is 242 g/mol. The molecule has 0 saturated heterocycles. The van der Waals surface area contributed by atoms with Crippen LogP contribution in [0.15, 0.2) is 36.9 Å². The summed E-state index contributed by atoms with van der Waals surface area (Å²) in [5.41, 5.74) is 5.43. The molecule has 0 amide bonds. The van der Waals surface area contributed by atoms with Crippen LogP contribution in [0.5, 0.6) is 0 Å². The molecule has 0 spiro atoms. The quantitative estimate of drug-likeness (QED) is 0.874. The van der Waals surface area contributed by atoms with Crippen LogP contribution in [0.2, 0.25) is 0 Å². The lowest BCUT2D eigenvalue weighted by molar-refractivity contribution is -0.149. The highest BCUT2D eigenvalue weighted by Gasteiger charge is 2.39. The highest BCUT2D eigenvalue weighted by molar-refractivity contribution is 5.42. The van der Waals surface area contributed by atoms with E-state index in [-0.39, 0.29) is 11.3 Å². The standard InChI is InChI=1S/C10H9F3N4/c11-10(12,13)9(14)7-3-1-2-4-8(7)17-6-15-5-16-17/h1-6,9H,14H2/t9-/m1/s1. The summed E-state index contributed by atoms with van der Waals surface area (Å²) < 4.78 is 39.0. The van der Waals surface area contributed by atoms with Crippen molar-refractivity contribution in [3.05, 3.63) is 42.5 Å². The van der Waals surface area contributed by atoms with Gasteiger partial charge >= 0.3 is 6.18 Å². The summed E-state index contributed by atoms with van der Waals surface area (Å²) in [4.78, 5) is 3.69. The fraction of sp³-hybridized carbons (Fsp3) is 0.200. The van der Waals surface area contributed by atoms with Gasteiger partial charge in [0.25, 0.3) is 0 Å². The van der Waals surface area contributed by atoms with Gasteiger partial charge in [0.15, 0.2) is 0 Å². The SMILES string of the molecule is N[C@H](c1ccccc1-n1cncn1)C(F)(F)F. The first-order valence-electron chi connectivity index (χ1n) is 4.76. The maximum absolute atomic E-state index is 12.6. The Balaban J connectivity index is 2.49. The summed E-state index contributed by atoms with van der Waals surface area (Å²) >= 11 is 0. The van der Waals surface area contributed by atoms with E-state index in [4.69, 9.17) is 5.73 Å². The molecule has 0 bridgehead atoms. The van der Waals surface area contributed by atoms with E-state index < -0.39 is 12.2 Å². The van der Waals surface area contributed by atoms with E-state index in [2.05, 4.69) is 10.1 Å². The molecule has 2 N–H and O–H groups in total. The molecule has 0 aliphatic carbocycles. The van der Waals surface area contributed by atoms with Gasteiger partial charge in [-0.05, 0) is 6.07 Å². The average molecular weight is 242 g/mol. The summed E-state index contributed by atoms with van der Waals surface area (Å²) in [7, 11) is 0. The first-order chi connectivity index (χ1) is 8.00. The molecular formula is C10H9F3N4. The summed E-state index contributed by atoms with van der Waals surface area (Å²) in [6.45, 7) is 0. The van der Waals surface area contributed by atoms with Crippen molar-refractivity contribution >= 4 is 0 Å². The molecular weight excluding hydrogens is 233 g/mol. The number of nitrogens with zero attached hydrogens (tertiary/aromatic N) is 3. The first kappa shape index (κ1) is 11.6. The van der Waals surface area contributed by atoms with E-state index in [9.17, 15) is 13.2 Å². The molecule has 90 valence electrons. The van der Waals surface area contributed by atoms with Crippen molar-refractivity contribution in [1.82, 2.24) is 14.8 Å². The van der Waals surface area contributed by atoms with Crippen molar-refractivity contribution in [1.29, 1.82) is 0 Å². The summed E-state index contributed by atoms with van der Waals surface area (Å²) in [6.07, 6.45) is -1.92. The van der Waals surface area contributed by atoms with Crippen LogP contribution in [0.4, 0.5) is 13.2 Å². The van der Waals surface area contributed by atoms with Crippen molar-refractivity contribution < 1.29 is 13.2 Å². The highest BCUT2D eigenvalue weighted by atomic mass is 19.4. The van der Waals surface area contributed by atoms with Crippen molar-refractivity contribution in [2.75, 3.05) is 0 Å². The highest BCUT2D eigenvalue weighted by Crippen LogP contribution is 2.33. The number of alkyl halides is 3. The third-order valence-electron chi connectivity index (χ3n) is 2.29. The smallest absolute Gasteiger partial charge is 0.316 e. The molecule has 17 heavy (non-hydrogen) atoms. The number of hydrogen-bond donors (Lipinski definition) is 1. The van der Waals surface area contributed by atoms with Gasteiger partial charge in [0, 0.05) is 5.56 Å². The normalized spacial score (nSPS) is 13.6. The Labute approximate surface area is 94.9 Å². The topological polar surface area (TPSA) is 56.7 Å². The molecule has 1 atom stereocenters. The second-order valence-electron chi connectivity index (χ2n) is 3.42. The number of hydrogen-bond acceptors (Lipinski definition) is 3. The minimum Gasteiger partial charge on any atom is -0.316 e. The van der Waals surface area contributed by atoms with Gasteiger partial charge in [-0.2, -0.15) is 18.3 Å². The Morgan fingerprint density at radius 1 is 1.24 bits per heavy atom. The van der Waals surface area contributed by atoms with E-state index in [1.807, 2.05) is 0 Å². The van der Waals surface area contributed by atoms with Crippen molar-refractivity contribution in [2.45, 2.75) is 12.2 Å². The third kappa shape index (κ3) is 2.28. The predicted octanol–water partition coefficient (Wildman–Crippen LogP) is 1.83. The fourth-order valence-corrected chi connectivity index (χ4v) is 1.47. The van der Waals surface area contributed by atoms with Gasteiger partial charge in [-0.25, -0.2) is 9.67 Å². The van der Waals surface area contributed by atoms with Crippen LogP contribution >= 0.6 is 0 Å². The van der Waals surface area contributed by atoms with Crippen molar-refractivity contribution in [2.24, 2.45) is 5.73 Å². The zero-order valence-electron chi connectivity index (χ0n) is 8.59.